The van der Waals surface area contributed by atoms with E-state index in [4.69, 9.17) is 9.72 Å². The van der Waals surface area contributed by atoms with Crippen LogP contribution in [-0.4, -0.2) is 38.5 Å². The number of fused-ring (bicyclic) bond motifs is 2. The van der Waals surface area contributed by atoms with E-state index in [1.54, 1.807) is 28.6 Å². The summed E-state index contributed by atoms with van der Waals surface area (Å²) in [4.78, 5) is 36.5. The quantitative estimate of drug-likeness (QED) is 0.546. The molecule has 0 spiro atoms. The summed E-state index contributed by atoms with van der Waals surface area (Å²) in [6, 6.07) is 1.89. The van der Waals surface area contributed by atoms with Gasteiger partial charge in [0.1, 0.15) is 21.1 Å². The summed E-state index contributed by atoms with van der Waals surface area (Å²) in [7, 11) is 0. The van der Waals surface area contributed by atoms with E-state index in [-0.39, 0.29) is 18.0 Å². The Balaban J connectivity index is 1.77. The van der Waals surface area contributed by atoms with E-state index in [1.807, 2.05) is 33.8 Å². The van der Waals surface area contributed by atoms with Gasteiger partial charge in [-0.3, -0.25) is 9.78 Å². The number of rotatable bonds is 3. The summed E-state index contributed by atoms with van der Waals surface area (Å²) in [6.45, 7) is 11.6. The zero-order valence-electron chi connectivity index (χ0n) is 17.9. The zero-order valence-corrected chi connectivity index (χ0v) is 19.5. The van der Waals surface area contributed by atoms with Gasteiger partial charge < -0.3 is 15.0 Å². The van der Waals surface area contributed by atoms with Gasteiger partial charge in [0.15, 0.2) is 0 Å². The predicted octanol–water partition coefficient (Wildman–Crippen LogP) is 5.23. The second-order valence-corrected chi connectivity index (χ2v) is 10.6. The van der Waals surface area contributed by atoms with Crippen molar-refractivity contribution >= 4 is 49.9 Å². The van der Waals surface area contributed by atoms with Gasteiger partial charge in [-0.15, -0.1) is 22.7 Å². The molecule has 9 heteroatoms. The van der Waals surface area contributed by atoms with E-state index < -0.39 is 5.60 Å². The fraction of sp³-hybridized carbons (Fsp3) is 0.364. The van der Waals surface area contributed by atoms with Gasteiger partial charge in [0, 0.05) is 22.7 Å². The summed E-state index contributed by atoms with van der Waals surface area (Å²) in [5.41, 5.74) is 2.30. The van der Waals surface area contributed by atoms with Crippen LogP contribution >= 0.6 is 22.7 Å². The Morgan fingerprint density at radius 1 is 1.35 bits per heavy atom. The summed E-state index contributed by atoms with van der Waals surface area (Å²) in [6.07, 6.45) is 5.06. The maximum absolute atomic E-state index is 12.7. The van der Waals surface area contributed by atoms with E-state index in [2.05, 4.69) is 16.9 Å². The number of thiazole rings is 1. The minimum absolute atomic E-state index is 0.0466. The fourth-order valence-corrected chi connectivity index (χ4v) is 5.81. The summed E-state index contributed by atoms with van der Waals surface area (Å²) in [5.74, 6) is -0.278. The highest BCUT2D eigenvalue weighted by atomic mass is 32.1. The highest BCUT2D eigenvalue weighted by Gasteiger charge is 2.35. The molecule has 31 heavy (non-hydrogen) atoms. The molecule has 3 aromatic rings. The summed E-state index contributed by atoms with van der Waals surface area (Å²) < 4.78 is 6.63. The standard InChI is InChI=1S/C22H24N4O3S2/c1-6-17(27)25-20-18(19-24-14-10-23-8-7-15(14)30-19)13-9-12(2)26(11-16(13)31-20)21(28)29-22(3,4)5/h6-8,10,12H,1,9,11H2,2-5H3,(H,25,27)/t12-/m1/s1. The largest absolute Gasteiger partial charge is 0.444 e. The van der Waals surface area contributed by atoms with Crippen LogP contribution in [0.15, 0.2) is 31.1 Å². The van der Waals surface area contributed by atoms with Crippen molar-refractivity contribution in [1.29, 1.82) is 0 Å². The Morgan fingerprint density at radius 2 is 2.13 bits per heavy atom. The highest BCUT2D eigenvalue weighted by molar-refractivity contribution is 7.22. The number of nitrogens with one attached hydrogen (secondary N) is 1. The molecule has 0 bridgehead atoms. The number of anilines is 1. The lowest BCUT2D eigenvalue weighted by molar-refractivity contribution is -0.111. The number of ether oxygens (including phenoxy) is 1. The van der Waals surface area contributed by atoms with Crippen molar-refractivity contribution in [1.82, 2.24) is 14.9 Å². The van der Waals surface area contributed by atoms with Gasteiger partial charge in [-0.25, -0.2) is 9.78 Å². The third kappa shape index (κ3) is 4.33. The van der Waals surface area contributed by atoms with Crippen molar-refractivity contribution in [3.05, 3.63) is 41.6 Å². The monoisotopic (exact) mass is 456 g/mol. The van der Waals surface area contributed by atoms with Crippen molar-refractivity contribution in [2.45, 2.75) is 52.3 Å². The first-order valence-electron chi connectivity index (χ1n) is 9.94. The summed E-state index contributed by atoms with van der Waals surface area (Å²) in [5, 5.41) is 4.49. The number of amides is 2. The average molecular weight is 457 g/mol. The number of carbonyl (C=O) groups excluding carboxylic acids is 2. The van der Waals surface area contributed by atoms with Gasteiger partial charge in [-0.05, 0) is 51.8 Å². The molecule has 3 aromatic heterocycles. The number of thiophene rings is 1. The van der Waals surface area contributed by atoms with E-state index >= 15 is 0 Å². The topological polar surface area (TPSA) is 84.4 Å². The third-order valence-electron chi connectivity index (χ3n) is 4.89. The maximum atomic E-state index is 12.7. The van der Waals surface area contributed by atoms with Crippen LogP contribution in [0.3, 0.4) is 0 Å². The van der Waals surface area contributed by atoms with Gasteiger partial charge >= 0.3 is 6.09 Å². The molecule has 0 fully saturated rings. The molecule has 1 aliphatic heterocycles. The number of carbonyl (C=O) groups is 2. The lowest BCUT2D eigenvalue weighted by Crippen LogP contribution is -2.44. The van der Waals surface area contributed by atoms with E-state index in [9.17, 15) is 9.59 Å². The smallest absolute Gasteiger partial charge is 0.410 e. The van der Waals surface area contributed by atoms with Gasteiger partial charge in [0.2, 0.25) is 5.91 Å². The normalized spacial score (nSPS) is 16.1. The minimum Gasteiger partial charge on any atom is -0.444 e. The molecular formula is C22H24N4O3S2. The molecule has 1 N–H and O–H groups in total. The lowest BCUT2D eigenvalue weighted by atomic mass is 9.97. The molecule has 0 unspecified atom stereocenters. The number of pyridine rings is 1. The van der Waals surface area contributed by atoms with Crippen LogP contribution in [0.1, 0.15) is 38.1 Å². The van der Waals surface area contributed by atoms with Crippen LogP contribution in [-0.2, 0) is 22.5 Å². The van der Waals surface area contributed by atoms with Crippen molar-refractivity contribution in [3.8, 4) is 10.6 Å². The van der Waals surface area contributed by atoms with Crippen LogP contribution in [0.25, 0.3) is 20.8 Å². The SMILES string of the molecule is C=CC(=O)Nc1sc2c(c1-c1nc3cnccc3s1)C[C@@H](C)N(C(=O)OC(C)(C)C)C2. The maximum Gasteiger partial charge on any atom is 0.410 e. The van der Waals surface area contributed by atoms with Gasteiger partial charge in [0.25, 0.3) is 0 Å². The second-order valence-electron chi connectivity index (χ2n) is 8.43. The molecule has 0 saturated heterocycles. The second kappa shape index (κ2) is 8.05. The van der Waals surface area contributed by atoms with E-state index in [1.165, 1.54) is 17.4 Å². The number of hydrogen-bond acceptors (Lipinski definition) is 7. The van der Waals surface area contributed by atoms with Gasteiger partial charge in [-0.1, -0.05) is 6.58 Å². The van der Waals surface area contributed by atoms with Crippen LogP contribution in [0.2, 0.25) is 0 Å². The Bertz CT molecular complexity index is 1140. The van der Waals surface area contributed by atoms with Crippen LogP contribution < -0.4 is 5.32 Å². The molecule has 7 nitrogen and oxygen atoms in total. The third-order valence-corrected chi connectivity index (χ3v) is 7.08. The van der Waals surface area contributed by atoms with Crippen molar-refractivity contribution in [2.75, 3.05) is 5.32 Å². The molecule has 4 heterocycles. The van der Waals surface area contributed by atoms with Crippen LogP contribution in [0, 0.1) is 0 Å². The predicted molar refractivity (Wildman–Crippen MR) is 124 cm³/mol. The average Bonchev–Trinajstić information content (AvgIpc) is 3.25. The minimum atomic E-state index is -0.560. The van der Waals surface area contributed by atoms with Crippen molar-refractivity contribution < 1.29 is 14.3 Å². The Labute approximate surface area is 188 Å². The van der Waals surface area contributed by atoms with Gasteiger partial charge in [0.05, 0.1) is 17.4 Å². The van der Waals surface area contributed by atoms with Crippen molar-refractivity contribution in [3.63, 3.8) is 0 Å². The number of aromatic nitrogens is 2. The first-order chi connectivity index (χ1) is 14.7. The first-order valence-corrected chi connectivity index (χ1v) is 11.6. The molecule has 0 aromatic carbocycles. The van der Waals surface area contributed by atoms with E-state index in [0.29, 0.717) is 13.0 Å². The zero-order chi connectivity index (χ0) is 22.3. The molecule has 1 aliphatic rings. The molecule has 0 saturated carbocycles. The lowest BCUT2D eigenvalue weighted by Gasteiger charge is -2.35. The fourth-order valence-electron chi connectivity index (χ4n) is 3.50. The number of nitrogens with zero attached hydrogens (tertiary/aromatic N) is 3. The molecule has 0 radical (unpaired) electrons. The number of hydrogen-bond donors (Lipinski definition) is 1. The van der Waals surface area contributed by atoms with Gasteiger partial charge in [-0.2, -0.15) is 0 Å². The van der Waals surface area contributed by atoms with Crippen LogP contribution in [0.5, 0.6) is 0 Å². The molecular weight excluding hydrogens is 432 g/mol. The Hall–Kier alpha value is -2.78. The van der Waals surface area contributed by atoms with E-state index in [0.717, 1.165) is 36.2 Å². The molecule has 4 rings (SSSR count). The molecule has 0 aliphatic carbocycles. The highest BCUT2D eigenvalue weighted by Crippen LogP contribution is 2.46. The molecule has 162 valence electrons. The molecule has 1 atom stereocenters. The summed E-state index contributed by atoms with van der Waals surface area (Å²) >= 11 is 3.04. The van der Waals surface area contributed by atoms with Crippen LogP contribution in [0.4, 0.5) is 9.80 Å². The van der Waals surface area contributed by atoms with Crippen molar-refractivity contribution in [2.24, 2.45) is 0 Å². The first kappa shape index (κ1) is 21.5. The molecule has 2 amide bonds. The Morgan fingerprint density at radius 3 is 2.81 bits per heavy atom. The Kier molecular flexibility index (Phi) is 5.57.